The minimum absolute atomic E-state index is 0.0639. The normalized spacial score (nSPS) is 15.4. The van der Waals surface area contributed by atoms with E-state index in [9.17, 15) is 4.79 Å². The molecule has 4 nitrogen and oxygen atoms in total. The highest BCUT2D eigenvalue weighted by Gasteiger charge is 2.25. The Morgan fingerprint density at radius 1 is 1.18 bits per heavy atom. The summed E-state index contributed by atoms with van der Waals surface area (Å²) in [7, 11) is 0. The number of likely N-dealkylation sites (tertiary alicyclic amines) is 1. The Balaban J connectivity index is 1.37. The van der Waals surface area contributed by atoms with E-state index in [4.69, 9.17) is 9.72 Å². The predicted octanol–water partition coefficient (Wildman–Crippen LogP) is 5.11. The number of aromatic nitrogens is 1. The third-order valence-corrected chi connectivity index (χ3v) is 6.29. The second kappa shape index (κ2) is 8.57. The van der Waals surface area contributed by atoms with E-state index in [2.05, 4.69) is 18.2 Å². The van der Waals surface area contributed by atoms with Gasteiger partial charge in [-0.15, -0.1) is 11.3 Å². The van der Waals surface area contributed by atoms with Gasteiger partial charge in [-0.25, -0.2) is 4.98 Å². The van der Waals surface area contributed by atoms with Gasteiger partial charge in [-0.1, -0.05) is 30.3 Å². The van der Waals surface area contributed by atoms with E-state index >= 15 is 0 Å². The highest BCUT2D eigenvalue weighted by Crippen LogP contribution is 2.33. The average molecular weight is 393 g/mol. The molecule has 0 N–H and O–H groups in total. The molecule has 1 aliphatic heterocycles. The first-order valence-electron chi connectivity index (χ1n) is 9.79. The molecule has 1 aliphatic rings. The number of amides is 1. The van der Waals surface area contributed by atoms with Crippen LogP contribution in [0.2, 0.25) is 0 Å². The Labute approximate surface area is 169 Å². The molecular formula is C23H24N2O2S. The van der Waals surface area contributed by atoms with Crippen LogP contribution in [-0.2, 0) is 4.79 Å². The van der Waals surface area contributed by atoms with E-state index in [1.54, 1.807) is 17.4 Å². The van der Waals surface area contributed by atoms with Gasteiger partial charge in [0.25, 0.3) is 0 Å². The number of nitrogens with zero attached hydrogens (tertiary/aromatic N) is 2. The fourth-order valence-electron chi connectivity index (χ4n) is 3.58. The van der Waals surface area contributed by atoms with Crippen molar-refractivity contribution in [2.45, 2.75) is 25.7 Å². The molecule has 144 valence electrons. The number of piperidine rings is 1. The Morgan fingerprint density at radius 2 is 1.93 bits per heavy atom. The maximum absolute atomic E-state index is 12.6. The number of hydrogen-bond acceptors (Lipinski definition) is 4. The van der Waals surface area contributed by atoms with Crippen molar-refractivity contribution in [3.05, 3.63) is 65.2 Å². The van der Waals surface area contributed by atoms with Gasteiger partial charge in [0.2, 0.25) is 5.91 Å². The molecule has 1 saturated heterocycles. The molecule has 1 aromatic heterocycles. The van der Waals surface area contributed by atoms with Crippen LogP contribution in [0.3, 0.4) is 0 Å². The lowest BCUT2D eigenvalue weighted by Crippen LogP contribution is -2.36. The fraction of sp³-hybridized carbons (Fsp3) is 0.304. The van der Waals surface area contributed by atoms with Crippen LogP contribution in [-0.4, -0.2) is 35.5 Å². The zero-order valence-electron chi connectivity index (χ0n) is 16.0. The van der Waals surface area contributed by atoms with E-state index in [1.807, 2.05) is 48.2 Å². The van der Waals surface area contributed by atoms with E-state index in [-0.39, 0.29) is 5.91 Å². The van der Waals surface area contributed by atoms with Crippen LogP contribution >= 0.6 is 11.3 Å². The number of thiazole rings is 1. The van der Waals surface area contributed by atoms with E-state index < -0.39 is 0 Å². The third-order valence-electron chi connectivity index (χ3n) is 5.09. The smallest absolute Gasteiger partial charge is 0.246 e. The number of benzene rings is 2. The van der Waals surface area contributed by atoms with Crippen molar-refractivity contribution in [2.75, 3.05) is 19.7 Å². The summed E-state index contributed by atoms with van der Waals surface area (Å²) in [6.45, 7) is 4.12. The molecule has 0 atom stereocenters. The quantitative estimate of drug-likeness (QED) is 0.566. The van der Waals surface area contributed by atoms with Gasteiger partial charge in [0.05, 0.1) is 21.8 Å². The predicted molar refractivity (Wildman–Crippen MR) is 115 cm³/mol. The van der Waals surface area contributed by atoms with Crippen molar-refractivity contribution < 1.29 is 9.53 Å². The largest absolute Gasteiger partial charge is 0.493 e. The summed E-state index contributed by atoms with van der Waals surface area (Å²) in [5, 5.41) is 1.20. The zero-order valence-corrected chi connectivity index (χ0v) is 16.8. The van der Waals surface area contributed by atoms with Crippen LogP contribution in [0.5, 0.6) is 5.75 Å². The molecule has 0 aliphatic carbocycles. The van der Waals surface area contributed by atoms with E-state index in [0.29, 0.717) is 12.5 Å². The lowest BCUT2D eigenvalue weighted by Gasteiger charge is -2.30. The minimum Gasteiger partial charge on any atom is -0.493 e. The molecule has 1 fully saturated rings. The fourth-order valence-corrected chi connectivity index (χ4v) is 4.72. The summed E-state index contributed by atoms with van der Waals surface area (Å²) in [6, 6.07) is 16.1. The highest BCUT2D eigenvalue weighted by molar-refractivity contribution is 7.18. The zero-order chi connectivity index (χ0) is 19.3. The first kappa shape index (κ1) is 18.7. The van der Waals surface area contributed by atoms with Crippen molar-refractivity contribution in [1.82, 2.24) is 9.88 Å². The molecule has 0 saturated carbocycles. The van der Waals surface area contributed by atoms with Crippen LogP contribution in [0.4, 0.5) is 0 Å². The maximum atomic E-state index is 12.6. The molecule has 2 aromatic carbocycles. The van der Waals surface area contributed by atoms with Crippen LogP contribution in [0, 0.1) is 0 Å². The van der Waals surface area contributed by atoms with Crippen molar-refractivity contribution >= 4 is 33.5 Å². The van der Waals surface area contributed by atoms with Gasteiger partial charge in [0, 0.05) is 30.6 Å². The summed E-state index contributed by atoms with van der Waals surface area (Å²) in [5.74, 6) is 1.32. The van der Waals surface area contributed by atoms with Gasteiger partial charge < -0.3 is 9.64 Å². The number of rotatable bonds is 5. The van der Waals surface area contributed by atoms with Gasteiger partial charge in [0.1, 0.15) is 5.75 Å². The van der Waals surface area contributed by atoms with Crippen molar-refractivity contribution in [3.63, 3.8) is 0 Å². The Morgan fingerprint density at radius 3 is 2.71 bits per heavy atom. The SMILES string of the molecule is CCOc1ccccc1/C=C/C(=O)N1CCC(c2nc3ccccc3s2)CC1. The summed E-state index contributed by atoms with van der Waals surface area (Å²) in [5.41, 5.74) is 2.01. The van der Waals surface area contributed by atoms with Crippen LogP contribution in [0.1, 0.15) is 36.3 Å². The first-order valence-corrected chi connectivity index (χ1v) is 10.6. The first-order chi connectivity index (χ1) is 13.7. The molecule has 4 rings (SSSR count). The lowest BCUT2D eigenvalue weighted by molar-refractivity contribution is -0.126. The molecule has 2 heterocycles. The molecule has 0 bridgehead atoms. The average Bonchev–Trinajstić information content (AvgIpc) is 3.17. The van der Waals surface area contributed by atoms with Gasteiger partial charge in [-0.3, -0.25) is 4.79 Å². The number of para-hydroxylation sites is 2. The van der Waals surface area contributed by atoms with Gasteiger partial charge >= 0.3 is 0 Å². The molecule has 28 heavy (non-hydrogen) atoms. The standard InChI is InChI=1S/C23H24N2O2S/c1-2-27-20-9-5-3-7-17(20)11-12-22(26)25-15-13-18(14-16-25)23-24-19-8-4-6-10-21(19)28-23/h3-12,18H,2,13-16H2,1H3/b12-11+. The van der Waals surface area contributed by atoms with Crippen molar-refractivity contribution in [2.24, 2.45) is 0 Å². The Kier molecular flexibility index (Phi) is 5.72. The Hall–Kier alpha value is -2.66. The van der Waals surface area contributed by atoms with Gasteiger partial charge in [-0.2, -0.15) is 0 Å². The number of hydrogen-bond donors (Lipinski definition) is 0. The minimum atomic E-state index is 0.0639. The summed E-state index contributed by atoms with van der Waals surface area (Å²) >= 11 is 1.78. The van der Waals surface area contributed by atoms with Crippen LogP contribution in [0.15, 0.2) is 54.6 Å². The number of carbonyl (C=O) groups excluding carboxylic acids is 1. The summed E-state index contributed by atoms with van der Waals surface area (Å²) < 4.78 is 6.86. The summed E-state index contributed by atoms with van der Waals surface area (Å²) in [6.07, 6.45) is 5.45. The second-order valence-electron chi connectivity index (χ2n) is 6.92. The van der Waals surface area contributed by atoms with Crippen LogP contribution in [0.25, 0.3) is 16.3 Å². The number of ether oxygens (including phenoxy) is 1. The molecule has 0 unspecified atom stereocenters. The molecule has 5 heteroatoms. The van der Waals surface area contributed by atoms with Gasteiger partial charge in [-0.05, 0) is 44.0 Å². The summed E-state index contributed by atoms with van der Waals surface area (Å²) in [4.78, 5) is 19.3. The third kappa shape index (κ3) is 4.09. The van der Waals surface area contributed by atoms with E-state index in [0.717, 1.165) is 42.8 Å². The molecule has 0 radical (unpaired) electrons. The van der Waals surface area contributed by atoms with Crippen molar-refractivity contribution in [3.8, 4) is 5.75 Å². The van der Waals surface area contributed by atoms with E-state index in [1.165, 1.54) is 9.71 Å². The molecule has 3 aromatic rings. The van der Waals surface area contributed by atoms with Gasteiger partial charge in [0.15, 0.2) is 0 Å². The van der Waals surface area contributed by atoms with Crippen molar-refractivity contribution in [1.29, 1.82) is 0 Å². The highest BCUT2D eigenvalue weighted by atomic mass is 32.1. The number of carbonyl (C=O) groups is 1. The second-order valence-corrected chi connectivity index (χ2v) is 7.99. The maximum Gasteiger partial charge on any atom is 0.246 e. The monoisotopic (exact) mass is 392 g/mol. The number of fused-ring (bicyclic) bond motifs is 1. The topological polar surface area (TPSA) is 42.4 Å². The molecule has 1 amide bonds. The molecular weight excluding hydrogens is 368 g/mol. The lowest BCUT2D eigenvalue weighted by atomic mass is 9.97. The Bertz CT molecular complexity index is 954. The van der Waals surface area contributed by atoms with Crippen LogP contribution < -0.4 is 4.74 Å². The molecule has 0 spiro atoms.